The number of amides is 1. The van der Waals surface area contributed by atoms with E-state index in [0.717, 1.165) is 25.7 Å². The fourth-order valence-corrected chi connectivity index (χ4v) is 4.52. The molecule has 2 saturated carbocycles. The summed E-state index contributed by atoms with van der Waals surface area (Å²) in [6.07, 6.45) is 4.98. The van der Waals surface area contributed by atoms with E-state index in [1.165, 1.54) is 6.42 Å². The summed E-state index contributed by atoms with van der Waals surface area (Å²) in [6, 6.07) is 5.15. The van der Waals surface area contributed by atoms with E-state index >= 15 is 0 Å². The van der Waals surface area contributed by atoms with Gasteiger partial charge in [-0.05, 0) is 50.5 Å². The molecule has 0 aromatic heterocycles. The lowest BCUT2D eigenvalue weighted by Gasteiger charge is -2.43. The van der Waals surface area contributed by atoms with Gasteiger partial charge in [-0.3, -0.25) is 4.79 Å². The molecule has 3 rings (SSSR count). The van der Waals surface area contributed by atoms with Crippen LogP contribution in [0.4, 0.5) is 8.78 Å². The van der Waals surface area contributed by atoms with Gasteiger partial charge >= 0.3 is 6.61 Å². The molecule has 1 aromatic rings. The first-order chi connectivity index (χ1) is 13.0. The van der Waals surface area contributed by atoms with Crippen LogP contribution in [0.3, 0.4) is 0 Å². The summed E-state index contributed by atoms with van der Waals surface area (Å²) in [6.45, 7) is -0.730. The molecule has 150 valence electrons. The van der Waals surface area contributed by atoms with E-state index in [0.29, 0.717) is 24.0 Å². The first kappa shape index (κ1) is 19.9. The molecule has 2 atom stereocenters. The highest BCUT2D eigenvalue weighted by molar-refractivity contribution is 5.79. The largest absolute Gasteiger partial charge is 0.490 e. The van der Waals surface area contributed by atoms with Gasteiger partial charge in [0.05, 0.1) is 6.61 Å². The summed E-state index contributed by atoms with van der Waals surface area (Å²) in [7, 11) is 0. The molecule has 0 spiro atoms. The van der Waals surface area contributed by atoms with Gasteiger partial charge in [0.1, 0.15) is 0 Å². The maximum Gasteiger partial charge on any atom is 0.387 e. The number of ether oxygens (including phenoxy) is 2. The van der Waals surface area contributed by atoms with Gasteiger partial charge in [0.15, 0.2) is 11.5 Å². The Morgan fingerprint density at radius 2 is 2.00 bits per heavy atom. The number of nitrogens with two attached hydrogens (primary N) is 1. The number of hydrogen-bond acceptors (Lipinski definition) is 4. The van der Waals surface area contributed by atoms with Crippen molar-refractivity contribution in [3.8, 4) is 11.5 Å². The summed E-state index contributed by atoms with van der Waals surface area (Å²) in [5, 5.41) is 2.90. The van der Waals surface area contributed by atoms with E-state index < -0.39 is 6.61 Å². The number of carbonyl (C=O) groups is 1. The van der Waals surface area contributed by atoms with Crippen molar-refractivity contribution in [1.82, 2.24) is 5.32 Å². The van der Waals surface area contributed by atoms with E-state index in [1.54, 1.807) is 25.1 Å². The number of halogens is 2. The number of para-hydroxylation sites is 1. The summed E-state index contributed by atoms with van der Waals surface area (Å²) in [4.78, 5) is 12.7. The van der Waals surface area contributed by atoms with Crippen LogP contribution in [-0.2, 0) is 11.3 Å². The minimum Gasteiger partial charge on any atom is -0.490 e. The van der Waals surface area contributed by atoms with Crippen molar-refractivity contribution in [3.05, 3.63) is 23.8 Å². The Balaban J connectivity index is 1.65. The van der Waals surface area contributed by atoms with E-state index in [1.807, 2.05) is 0 Å². The van der Waals surface area contributed by atoms with Crippen LogP contribution in [0, 0.1) is 17.8 Å². The van der Waals surface area contributed by atoms with Gasteiger partial charge in [-0.15, -0.1) is 0 Å². The van der Waals surface area contributed by atoms with Crippen molar-refractivity contribution in [2.75, 3.05) is 6.61 Å². The first-order valence-corrected chi connectivity index (χ1v) is 9.72. The first-order valence-electron chi connectivity index (χ1n) is 9.72. The van der Waals surface area contributed by atoms with E-state index in [9.17, 15) is 13.6 Å². The summed E-state index contributed by atoms with van der Waals surface area (Å²) < 4.78 is 35.6. The van der Waals surface area contributed by atoms with Crippen LogP contribution >= 0.6 is 0 Å². The van der Waals surface area contributed by atoms with Crippen LogP contribution < -0.4 is 20.5 Å². The second-order valence-electron chi connectivity index (χ2n) is 7.47. The predicted molar refractivity (Wildman–Crippen MR) is 97.6 cm³/mol. The zero-order chi connectivity index (χ0) is 19.4. The Morgan fingerprint density at radius 1 is 1.30 bits per heavy atom. The number of carbonyl (C=O) groups excluding carboxylic acids is 1. The number of hydrogen-bond donors (Lipinski definition) is 2. The van der Waals surface area contributed by atoms with Crippen molar-refractivity contribution >= 4 is 5.91 Å². The van der Waals surface area contributed by atoms with Crippen LogP contribution in [0.5, 0.6) is 11.5 Å². The summed E-state index contributed by atoms with van der Waals surface area (Å²) in [5.74, 6) is 0.956. The van der Waals surface area contributed by atoms with Gasteiger partial charge < -0.3 is 20.5 Å². The van der Waals surface area contributed by atoms with Crippen molar-refractivity contribution in [2.45, 2.75) is 58.2 Å². The minimum atomic E-state index is -2.96. The van der Waals surface area contributed by atoms with Crippen LogP contribution in [0.25, 0.3) is 0 Å². The lowest BCUT2D eigenvalue weighted by atomic mass is 9.65. The number of alkyl halides is 2. The molecule has 7 heteroatoms. The Hall–Kier alpha value is -1.89. The number of nitrogens with one attached hydrogen (secondary N) is 1. The van der Waals surface area contributed by atoms with Crippen molar-refractivity contribution in [3.63, 3.8) is 0 Å². The van der Waals surface area contributed by atoms with Crippen LogP contribution in [0.1, 0.15) is 44.6 Å². The molecule has 0 saturated heterocycles. The molecule has 2 bridgehead atoms. The zero-order valence-corrected chi connectivity index (χ0v) is 15.6. The summed E-state index contributed by atoms with van der Waals surface area (Å²) in [5.41, 5.74) is 6.76. The smallest absolute Gasteiger partial charge is 0.387 e. The SMILES string of the molecule is CCOc1cccc(CNC(=O)C2CC3CCCC(C2)C3N)c1OC(F)F. The van der Waals surface area contributed by atoms with E-state index in [4.69, 9.17) is 10.5 Å². The second kappa shape index (κ2) is 8.87. The number of fused-ring (bicyclic) bond motifs is 2. The molecular formula is C20H28F2N2O3. The molecule has 1 aromatic carbocycles. The molecule has 1 amide bonds. The van der Waals surface area contributed by atoms with Crippen LogP contribution in [-0.4, -0.2) is 25.2 Å². The number of rotatable bonds is 7. The molecule has 3 N–H and O–H groups in total. The molecule has 2 aliphatic rings. The average Bonchev–Trinajstić information content (AvgIpc) is 2.61. The zero-order valence-electron chi connectivity index (χ0n) is 15.6. The molecule has 2 unspecified atom stereocenters. The van der Waals surface area contributed by atoms with Gasteiger partial charge in [0.2, 0.25) is 5.91 Å². The average molecular weight is 382 g/mol. The third-order valence-electron chi connectivity index (χ3n) is 5.80. The van der Waals surface area contributed by atoms with Crippen molar-refractivity contribution < 1.29 is 23.0 Å². The van der Waals surface area contributed by atoms with E-state index in [-0.39, 0.29) is 35.9 Å². The molecule has 2 aliphatic carbocycles. The Morgan fingerprint density at radius 3 is 2.63 bits per heavy atom. The third kappa shape index (κ3) is 4.69. The van der Waals surface area contributed by atoms with Gasteiger partial charge in [-0.25, -0.2) is 0 Å². The van der Waals surface area contributed by atoms with Gasteiger partial charge in [0, 0.05) is 24.1 Å². The Labute approximate surface area is 158 Å². The maximum absolute atomic E-state index is 12.8. The van der Waals surface area contributed by atoms with Crippen molar-refractivity contribution in [1.29, 1.82) is 0 Å². The van der Waals surface area contributed by atoms with Crippen LogP contribution in [0.2, 0.25) is 0 Å². The van der Waals surface area contributed by atoms with E-state index in [2.05, 4.69) is 10.1 Å². The third-order valence-corrected chi connectivity index (χ3v) is 5.80. The van der Waals surface area contributed by atoms with Gasteiger partial charge in [-0.2, -0.15) is 8.78 Å². The topological polar surface area (TPSA) is 73.6 Å². The molecule has 27 heavy (non-hydrogen) atoms. The predicted octanol–water partition coefficient (Wildman–Crippen LogP) is 3.46. The van der Waals surface area contributed by atoms with Crippen LogP contribution in [0.15, 0.2) is 18.2 Å². The molecular weight excluding hydrogens is 354 g/mol. The Bertz CT molecular complexity index is 642. The minimum absolute atomic E-state index is 0.0165. The summed E-state index contributed by atoms with van der Waals surface area (Å²) >= 11 is 0. The number of benzene rings is 1. The maximum atomic E-state index is 12.8. The Kier molecular flexibility index (Phi) is 6.52. The van der Waals surface area contributed by atoms with Gasteiger partial charge in [0.25, 0.3) is 0 Å². The highest BCUT2D eigenvalue weighted by Crippen LogP contribution is 2.42. The highest BCUT2D eigenvalue weighted by atomic mass is 19.3. The standard InChI is InChI=1S/C20H28F2N2O3/c1-2-26-16-8-4-7-14(18(16)27-20(21)22)11-24-19(25)15-9-12-5-3-6-13(10-15)17(12)23/h4,7-8,12-13,15,17,20H,2-3,5-6,9-11,23H2,1H3,(H,24,25). The second-order valence-corrected chi connectivity index (χ2v) is 7.47. The molecule has 0 aliphatic heterocycles. The lowest BCUT2D eigenvalue weighted by molar-refractivity contribution is -0.128. The normalized spacial score (nSPS) is 27.3. The molecule has 0 heterocycles. The van der Waals surface area contributed by atoms with Crippen molar-refractivity contribution in [2.24, 2.45) is 23.5 Å². The molecule has 2 fully saturated rings. The quantitative estimate of drug-likeness (QED) is 0.757. The lowest BCUT2D eigenvalue weighted by Crippen LogP contribution is -2.49. The molecule has 5 nitrogen and oxygen atoms in total. The monoisotopic (exact) mass is 382 g/mol. The molecule has 0 radical (unpaired) electrons. The van der Waals surface area contributed by atoms with Gasteiger partial charge in [-0.1, -0.05) is 18.6 Å². The highest BCUT2D eigenvalue weighted by Gasteiger charge is 2.40. The fraction of sp³-hybridized carbons (Fsp3) is 0.650. The fourth-order valence-electron chi connectivity index (χ4n) is 4.52.